The van der Waals surface area contributed by atoms with Crippen LogP contribution < -0.4 is 0 Å². The molecule has 0 amide bonds. The predicted octanol–water partition coefficient (Wildman–Crippen LogP) is 5.42. The largest absolute Gasteiger partial charge is 0.393 e. The smallest absolute Gasteiger partial charge is 0.0573 e. The third kappa shape index (κ3) is 8.13. The van der Waals surface area contributed by atoms with Gasteiger partial charge in [0, 0.05) is 0 Å². The molecule has 110 valence electrons. The first-order valence-electron chi connectivity index (χ1n) is 8.20. The van der Waals surface area contributed by atoms with Gasteiger partial charge in [0.1, 0.15) is 0 Å². The van der Waals surface area contributed by atoms with Crippen LogP contribution in [0.5, 0.6) is 0 Å². The molecule has 3 unspecified atom stereocenters. The van der Waals surface area contributed by atoms with E-state index in [2.05, 4.69) is 34.6 Å². The van der Waals surface area contributed by atoms with Gasteiger partial charge in [0.25, 0.3) is 0 Å². The van der Waals surface area contributed by atoms with Crippen molar-refractivity contribution in [1.82, 2.24) is 0 Å². The molecule has 1 rings (SSSR count). The summed E-state index contributed by atoms with van der Waals surface area (Å²) in [6, 6.07) is 0. The molecule has 0 saturated heterocycles. The second-order valence-electron chi connectivity index (χ2n) is 6.45. The average molecular weight is 256 g/mol. The maximum absolute atomic E-state index is 9.71. The molecule has 0 radical (unpaired) electrons. The summed E-state index contributed by atoms with van der Waals surface area (Å²) < 4.78 is 0. The summed E-state index contributed by atoms with van der Waals surface area (Å²) in [5, 5.41) is 9.71. The maximum Gasteiger partial charge on any atom is 0.0573 e. The summed E-state index contributed by atoms with van der Waals surface area (Å²) >= 11 is 0. The van der Waals surface area contributed by atoms with Gasteiger partial charge < -0.3 is 5.11 Å². The molecule has 0 bridgehead atoms. The monoisotopic (exact) mass is 256 g/mol. The van der Waals surface area contributed by atoms with E-state index in [1.165, 1.54) is 44.9 Å². The van der Waals surface area contributed by atoms with Crippen molar-refractivity contribution in [2.24, 2.45) is 17.8 Å². The molecule has 0 heterocycles. The zero-order valence-corrected chi connectivity index (χ0v) is 13.4. The number of hydrogen-bond donors (Lipinski definition) is 1. The van der Waals surface area contributed by atoms with Gasteiger partial charge in [-0.15, -0.1) is 0 Å². The number of aliphatic hydroxyl groups is 1. The zero-order chi connectivity index (χ0) is 14.0. The Morgan fingerprint density at radius 1 is 1.00 bits per heavy atom. The third-order valence-corrected chi connectivity index (χ3v) is 4.19. The van der Waals surface area contributed by atoms with E-state index in [0.717, 1.165) is 12.3 Å². The molecule has 0 aliphatic heterocycles. The Balaban J connectivity index is 0.000000360. The molecule has 1 aliphatic carbocycles. The van der Waals surface area contributed by atoms with Crippen molar-refractivity contribution in [1.29, 1.82) is 0 Å². The lowest BCUT2D eigenvalue weighted by molar-refractivity contribution is 0.0266. The third-order valence-electron chi connectivity index (χ3n) is 4.19. The molecule has 3 atom stereocenters. The number of aliphatic hydroxyl groups excluding tert-OH is 1. The molecule has 1 nitrogen and oxygen atoms in total. The molecular weight excluding hydrogens is 220 g/mol. The van der Waals surface area contributed by atoms with Crippen LogP contribution in [-0.2, 0) is 0 Å². The van der Waals surface area contributed by atoms with E-state index in [0.29, 0.717) is 11.8 Å². The van der Waals surface area contributed by atoms with Gasteiger partial charge in [0.15, 0.2) is 0 Å². The first-order chi connectivity index (χ1) is 8.52. The summed E-state index contributed by atoms with van der Waals surface area (Å²) in [6.45, 7) is 11.2. The van der Waals surface area contributed by atoms with E-state index in [4.69, 9.17) is 0 Å². The van der Waals surface area contributed by atoms with Gasteiger partial charge in [-0.05, 0) is 30.6 Å². The van der Waals surface area contributed by atoms with Crippen molar-refractivity contribution in [2.45, 2.75) is 92.1 Å². The van der Waals surface area contributed by atoms with Crippen LogP contribution in [-0.4, -0.2) is 11.2 Å². The van der Waals surface area contributed by atoms with Gasteiger partial charge in [-0.25, -0.2) is 0 Å². The first-order valence-corrected chi connectivity index (χ1v) is 8.20. The maximum atomic E-state index is 9.71. The van der Waals surface area contributed by atoms with Crippen LogP contribution in [0.3, 0.4) is 0 Å². The number of unbranched alkanes of at least 4 members (excludes halogenated alkanes) is 4. The lowest BCUT2D eigenvalue weighted by Crippen LogP contribution is -2.31. The van der Waals surface area contributed by atoms with Crippen molar-refractivity contribution < 1.29 is 5.11 Å². The molecule has 0 aromatic heterocycles. The fourth-order valence-electron chi connectivity index (χ4n) is 2.83. The molecule has 0 aromatic carbocycles. The topological polar surface area (TPSA) is 20.2 Å². The van der Waals surface area contributed by atoms with Crippen molar-refractivity contribution >= 4 is 0 Å². The lowest BCUT2D eigenvalue weighted by Gasteiger charge is -2.33. The van der Waals surface area contributed by atoms with E-state index in [1.807, 2.05) is 0 Å². The molecule has 1 fully saturated rings. The van der Waals surface area contributed by atoms with Crippen LogP contribution in [0, 0.1) is 17.8 Å². The molecule has 18 heavy (non-hydrogen) atoms. The fraction of sp³-hybridized carbons (Fsp3) is 1.00. The molecule has 1 saturated carbocycles. The SMILES string of the molecule is CC1CCC(C(C)C)C(O)C1.CCCCCCC. The summed E-state index contributed by atoms with van der Waals surface area (Å²) in [4.78, 5) is 0. The normalized spacial score (nSPS) is 27.8. The fourth-order valence-corrected chi connectivity index (χ4v) is 2.83. The number of hydrogen-bond acceptors (Lipinski definition) is 1. The minimum absolute atomic E-state index is 0.0289. The quantitative estimate of drug-likeness (QED) is 0.651. The van der Waals surface area contributed by atoms with Gasteiger partial charge in [0.2, 0.25) is 0 Å². The first kappa shape index (κ1) is 18.0. The van der Waals surface area contributed by atoms with E-state index in [9.17, 15) is 5.11 Å². The lowest BCUT2D eigenvalue weighted by atomic mass is 9.75. The Labute approximate surface area is 115 Å². The minimum Gasteiger partial charge on any atom is -0.393 e. The Morgan fingerprint density at radius 2 is 1.56 bits per heavy atom. The van der Waals surface area contributed by atoms with Crippen LogP contribution >= 0.6 is 0 Å². The van der Waals surface area contributed by atoms with E-state index < -0.39 is 0 Å². The molecule has 1 N–H and O–H groups in total. The Kier molecular flexibility index (Phi) is 10.8. The summed E-state index contributed by atoms with van der Waals surface area (Å²) in [5.41, 5.74) is 0. The van der Waals surface area contributed by atoms with Gasteiger partial charge in [-0.3, -0.25) is 0 Å². The predicted molar refractivity (Wildman–Crippen MR) is 81.8 cm³/mol. The van der Waals surface area contributed by atoms with Crippen LogP contribution in [0.4, 0.5) is 0 Å². The number of rotatable bonds is 5. The highest BCUT2D eigenvalue weighted by Crippen LogP contribution is 2.33. The van der Waals surface area contributed by atoms with Crippen molar-refractivity contribution in [2.75, 3.05) is 0 Å². The minimum atomic E-state index is -0.0289. The summed E-state index contributed by atoms with van der Waals surface area (Å²) in [7, 11) is 0. The second-order valence-corrected chi connectivity index (χ2v) is 6.45. The summed E-state index contributed by atoms with van der Waals surface area (Å²) in [5.74, 6) is 1.95. The summed E-state index contributed by atoms with van der Waals surface area (Å²) in [6.07, 6.45) is 10.5. The van der Waals surface area contributed by atoms with Crippen molar-refractivity contribution in [3.63, 3.8) is 0 Å². The van der Waals surface area contributed by atoms with Crippen molar-refractivity contribution in [3.05, 3.63) is 0 Å². The second kappa shape index (κ2) is 10.8. The van der Waals surface area contributed by atoms with Gasteiger partial charge in [-0.2, -0.15) is 0 Å². The van der Waals surface area contributed by atoms with Gasteiger partial charge >= 0.3 is 0 Å². The van der Waals surface area contributed by atoms with Crippen LogP contribution in [0.1, 0.15) is 86.0 Å². The average Bonchev–Trinajstić information content (AvgIpc) is 2.30. The van der Waals surface area contributed by atoms with Crippen LogP contribution in [0.2, 0.25) is 0 Å². The van der Waals surface area contributed by atoms with Crippen LogP contribution in [0.15, 0.2) is 0 Å². The Morgan fingerprint density at radius 3 is 1.94 bits per heavy atom. The Bertz CT molecular complexity index is 172. The highest BCUT2D eigenvalue weighted by Gasteiger charge is 2.28. The highest BCUT2D eigenvalue weighted by atomic mass is 16.3. The standard InChI is InChI=1S/C10H20O.C7H16/c1-7(2)9-5-4-8(3)6-10(9)11;1-3-5-7-6-4-2/h7-11H,4-6H2,1-3H3;3-7H2,1-2H3. The molecule has 1 heteroatoms. The molecular formula is C17H36O. The molecule has 1 aliphatic rings. The highest BCUT2D eigenvalue weighted by molar-refractivity contribution is 4.79. The van der Waals surface area contributed by atoms with Gasteiger partial charge in [-0.1, -0.05) is 73.1 Å². The zero-order valence-electron chi connectivity index (χ0n) is 13.4. The van der Waals surface area contributed by atoms with Crippen molar-refractivity contribution in [3.8, 4) is 0 Å². The van der Waals surface area contributed by atoms with E-state index >= 15 is 0 Å². The van der Waals surface area contributed by atoms with E-state index in [1.54, 1.807) is 0 Å². The Hall–Kier alpha value is -0.0400. The molecule has 0 aromatic rings. The molecule has 0 spiro atoms. The van der Waals surface area contributed by atoms with E-state index in [-0.39, 0.29) is 6.10 Å². The van der Waals surface area contributed by atoms with Gasteiger partial charge in [0.05, 0.1) is 6.10 Å². The van der Waals surface area contributed by atoms with Crippen LogP contribution in [0.25, 0.3) is 0 Å².